The Morgan fingerprint density at radius 1 is 0.727 bits per heavy atom. The van der Waals surface area contributed by atoms with Gasteiger partial charge in [-0.15, -0.1) is 0 Å². The van der Waals surface area contributed by atoms with E-state index in [1.54, 1.807) is 24.3 Å². The van der Waals surface area contributed by atoms with Gasteiger partial charge in [0.25, 0.3) is 11.8 Å². The molecule has 5 aromatic rings. The smallest absolute Gasteiger partial charge is 0.261 e. The minimum absolute atomic E-state index is 0.224. The Balaban J connectivity index is 1.52. The van der Waals surface area contributed by atoms with Crippen LogP contribution in [0, 0.1) is 0 Å². The lowest BCUT2D eigenvalue weighted by atomic mass is 9.90. The molecule has 0 spiro atoms. The molecule has 162 valence electrons. The number of nitrogens with zero attached hydrogens (tertiary/aromatic N) is 1. The van der Waals surface area contributed by atoms with Gasteiger partial charge in [0.05, 0.1) is 11.1 Å². The van der Waals surface area contributed by atoms with E-state index >= 15 is 0 Å². The first kappa shape index (κ1) is 20.4. The third-order valence-electron chi connectivity index (χ3n) is 6.35. The molecule has 0 saturated heterocycles. The zero-order chi connectivity index (χ0) is 22.7. The fourth-order valence-electron chi connectivity index (χ4n) is 4.76. The molecule has 3 heterocycles. The molecule has 0 fully saturated rings. The van der Waals surface area contributed by atoms with Crippen LogP contribution < -0.4 is 0 Å². The van der Waals surface area contributed by atoms with Crippen LogP contribution in [-0.4, -0.2) is 33.2 Å². The molecule has 0 bridgehead atoms. The topological polar surface area (TPSA) is 69.0 Å². The highest BCUT2D eigenvalue weighted by Gasteiger charge is 2.37. The molecule has 0 saturated carbocycles. The predicted molar refractivity (Wildman–Crippen MR) is 136 cm³/mol. The van der Waals surface area contributed by atoms with Crippen LogP contribution in [-0.2, 0) is 0 Å². The highest BCUT2D eigenvalue weighted by Crippen LogP contribution is 2.38. The summed E-state index contributed by atoms with van der Waals surface area (Å²) in [6.45, 7) is 0.241. The quantitative estimate of drug-likeness (QED) is 0.242. The Morgan fingerprint density at radius 3 is 1.70 bits per heavy atom. The van der Waals surface area contributed by atoms with E-state index in [1.807, 2.05) is 36.7 Å². The number of carbonyl (C=O) groups excluding carboxylic acids is 2. The predicted octanol–water partition coefficient (Wildman–Crippen LogP) is 6.60. The van der Waals surface area contributed by atoms with Gasteiger partial charge in [-0.1, -0.05) is 44.0 Å². The number of fused-ring (bicyclic) bond motifs is 3. The van der Waals surface area contributed by atoms with Gasteiger partial charge in [0.1, 0.15) is 0 Å². The summed E-state index contributed by atoms with van der Waals surface area (Å²) < 4.78 is 1.94. The molecule has 2 amide bonds. The molecule has 7 heteroatoms. The number of benzene rings is 3. The van der Waals surface area contributed by atoms with E-state index in [0.29, 0.717) is 11.1 Å². The summed E-state index contributed by atoms with van der Waals surface area (Å²) in [7, 11) is 0. The van der Waals surface area contributed by atoms with Crippen LogP contribution in [0.1, 0.15) is 37.8 Å². The van der Waals surface area contributed by atoms with Crippen LogP contribution >= 0.6 is 31.9 Å². The number of aromatic nitrogens is 2. The van der Waals surface area contributed by atoms with Gasteiger partial charge in [-0.3, -0.25) is 14.5 Å². The lowest BCUT2D eigenvalue weighted by Crippen LogP contribution is -2.34. The van der Waals surface area contributed by atoms with Gasteiger partial charge in [0.15, 0.2) is 0 Å². The highest BCUT2D eigenvalue weighted by molar-refractivity contribution is 9.10. The summed E-state index contributed by atoms with van der Waals surface area (Å²) in [5.41, 5.74) is 4.99. The van der Waals surface area contributed by atoms with Crippen molar-refractivity contribution < 1.29 is 9.59 Å². The summed E-state index contributed by atoms with van der Waals surface area (Å²) in [6, 6.07) is 19.2. The number of hydrogen-bond donors (Lipinski definition) is 2. The second kappa shape index (κ2) is 7.71. The second-order valence-electron chi connectivity index (χ2n) is 8.19. The van der Waals surface area contributed by atoms with E-state index in [-0.39, 0.29) is 24.3 Å². The van der Waals surface area contributed by atoms with Crippen LogP contribution in [0.15, 0.2) is 82.0 Å². The van der Waals surface area contributed by atoms with Crippen LogP contribution in [0.4, 0.5) is 0 Å². The molecule has 3 aromatic carbocycles. The maximum atomic E-state index is 13.2. The molecule has 6 rings (SSSR count). The van der Waals surface area contributed by atoms with E-state index < -0.39 is 0 Å². The largest absolute Gasteiger partial charge is 0.361 e. The van der Waals surface area contributed by atoms with Gasteiger partial charge in [-0.25, -0.2) is 0 Å². The van der Waals surface area contributed by atoms with Crippen LogP contribution in [0.3, 0.4) is 0 Å². The summed E-state index contributed by atoms with van der Waals surface area (Å²) in [6.07, 6.45) is 3.97. The number of aromatic amines is 2. The van der Waals surface area contributed by atoms with Crippen LogP contribution in [0.25, 0.3) is 21.8 Å². The summed E-state index contributed by atoms with van der Waals surface area (Å²) in [5, 5.41) is 2.10. The Bertz CT molecular complexity index is 1470. The van der Waals surface area contributed by atoms with E-state index in [4.69, 9.17) is 0 Å². The van der Waals surface area contributed by atoms with E-state index in [9.17, 15) is 9.59 Å². The third-order valence-corrected chi connectivity index (χ3v) is 7.33. The van der Waals surface area contributed by atoms with Gasteiger partial charge in [-0.2, -0.15) is 0 Å². The van der Waals surface area contributed by atoms with Crippen molar-refractivity contribution in [1.82, 2.24) is 14.9 Å². The lowest BCUT2D eigenvalue weighted by Gasteiger charge is -2.23. The van der Waals surface area contributed by atoms with Crippen molar-refractivity contribution in [2.75, 3.05) is 6.54 Å². The number of amides is 2. The molecule has 2 N–H and O–H groups in total. The van der Waals surface area contributed by atoms with Crippen molar-refractivity contribution in [3.8, 4) is 0 Å². The second-order valence-corrected chi connectivity index (χ2v) is 10.0. The van der Waals surface area contributed by atoms with Crippen molar-refractivity contribution in [3.05, 3.63) is 104 Å². The summed E-state index contributed by atoms with van der Waals surface area (Å²) in [4.78, 5) is 34.5. The van der Waals surface area contributed by atoms with Crippen molar-refractivity contribution >= 4 is 65.5 Å². The molecule has 0 unspecified atom stereocenters. The Hall–Kier alpha value is -3.16. The van der Waals surface area contributed by atoms with E-state index in [2.05, 4.69) is 54.0 Å². The van der Waals surface area contributed by atoms with Gasteiger partial charge in [0.2, 0.25) is 0 Å². The van der Waals surface area contributed by atoms with Crippen molar-refractivity contribution in [1.29, 1.82) is 0 Å². The van der Waals surface area contributed by atoms with E-state index in [0.717, 1.165) is 41.9 Å². The normalized spacial score (nSPS) is 13.6. The van der Waals surface area contributed by atoms with Gasteiger partial charge in [-0.05, 0) is 59.7 Å². The number of H-pyrrole nitrogens is 2. The molecule has 0 radical (unpaired) electrons. The van der Waals surface area contributed by atoms with E-state index in [1.165, 1.54) is 4.90 Å². The number of hydrogen-bond acceptors (Lipinski definition) is 2. The van der Waals surface area contributed by atoms with Crippen LogP contribution in [0.2, 0.25) is 0 Å². The standard InChI is InChI=1S/C26H17Br2N3O2/c27-14-5-7-23-18(9-14)20(11-29-23)22(21-12-30-24-8-6-15(28)10-19(21)24)13-31-25(32)16-3-1-2-4-17(16)26(31)33/h1-12,22,29-30H,13H2. The van der Waals surface area contributed by atoms with Crippen molar-refractivity contribution in [2.45, 2.75) is 5.92 Å². The molecular formula is C26H17Br2N3O2. The Morgan fingerprint density at radius 2 is 1.21 bits per heavy atom. The Kier molecular flexibility index (Phi) is 4.78. The Labute approximate surface area is 206 Å². The molecule has 2 aromatic heterocycles. The van der Waals surface area contributed by atoms with Gasteiger partial charge < -0.3 is 9.97 Å². The number of halogens is 2. The van der Waals surface area contributed by atoms with Crippen molar-refractivity contribution in [2.24, 2.45) is 0 Å². The number of carbonyl (C=O) groups is 2. The summed E-state index contributed by atoms with van der Waals surface area (Å²) >= 11 is 7.16. The number of imide groups is 1. The average molecular weight is 563 g/mol. The minimum Gasteiger partial charge on any atom is -0.361 e. The maximum absolute atomic E-state index is 13.2. The lowest BCUT2D eigenvalue weighted by molar-refractivity contribution is 0.0649. The molecule has 5 nitrogen and oxygen atoms in total. The molecule has 33 heavy (non-hydrogen) atoms. The first-order valence-electron chi connectivity index (χ1n) is 10.5. The highest BCUT2D eigenvalue weighted by atomic mass is 79.9. The first-order valence-corrected chi connectivity index (χ1v) is 12.1. The van der Waals surface area contributed by atoms with Crippen LogP contribution in [0.5, 0.6) is 0 Å². The first-order chi connectivity index (χ1) is 16.0. The molecule has 0 aliphatic carbocycles. The average Bonchev–Trinajstić information content (AvgIpc) is 3.48. The number of nitrogens with one attached hydrogen (secondary N) is 2. The summed E-state index contributed by atoms with van der Waals surface area (Å²) in [5.74, 6) is -0.719. The minimum atomic E-state index is -0.248. The van der Waals surface area contributed by atoms with Gasteiger partial charge in [0, 0.05) is 55.6 Å². The number of rotatable bonds is 4. The molecule has 1 aliphatic heterocycles. The van der Waals surface area contributed by atoms with Gasteiger partial charge >= 0.3 is 0 Å². The SMILES string of the molecule is O=C1c2ccccc2C(=O)N1CC(c1c[nH]c2ccc(Br)cc12)c1c[nH]c2ccc(Br)cc12. The molecule has 1 aliphatic rings. The maximum Gasteiger partial charge on any atom is 0.261 e. The fraction of sp³-hybridized carbons (Fsp3) is 0.0769. The fourth-order valence-corrected chi connectivity index (χ4v) is 5.48. The molecular weight excluding hydrogens is 546 g/mol. The van der Waals surface area contributed by atoms with Crippen molar-refractivity contribution in [3.63, 3.8) is 0 Å². The monoisotopic (exact) mass is 561 g/mol. The third kappa shape index (κ3) is 3.26. The molecule has 0 atom stereocenters. The zero-order valence-corrected chi connectivity index (χ0v) is 20.4. The zero-order valence-electron chi connectivity index (χ0n) is 17.2.